The number of aromatic nitrogens is 2. The molecule has 1 aliphatic heterocycles. The Morgan fingerprint density at radius 2 is 1.84 bits per heavy atom. The van der Waals surface area contributed by atoms with Gasteiger partial charge in [0, 0.05) is 13.1 Å². The minimum absolute atomic E-state index is 0.334. The number of nitrogens with zero attached hydrogens (tertiary/aromatic N) is 3. The monoisotopic (exact) mass is 275 g/mol. The molecule has 0 aromatic carbocycles. The molecule has 1 aliphatic rings. The topological polar surface area (TPSA) is 66.3 Å². The van der Waals surface area contributed by atoms with Gasteiger partial charge in [0.25, 0.3) is 0 Å². The number of rotatable bonds is 2. The molecule has 0 bridgehead atoms. The van der Waals surface area contributed by atoms with Crippen molar-refractivity contribution >= 4 is 11.8 Å². The summed E-state index contributed by atoms with van der Waals surface area (Å²) in [7, 11) is 0. The lowest BCUT2D eigenvalue weighted by molar-refractivity contribution is -0.138. The van der Waals surface area contributed by atoms with Crippen molar-refractivity contribution < 1.29 is 23.1 Å². The van der Waals surface area contributed by atoms with E-state index in [1.54, 1.807) is 0 Å². The number of hydrogen-bond donors (Lipinski definition) is 1. The third-order valence-electron chi connectivity index (χ3n) is 2.97. The molecule has 1 aromatic heterocycles. The van der Waals surface area contributed by atoms with Crippen LogP contribution in [0.25, 0.3) is 0 Å². The van der Waals surface area contributed by atoms with E-state index in [-0.39, 0.29) is 5.82 Å². The highest BCUT2D eigenvalue weighted by Crippen LogP contribution is 2.37. The van der Waals surface area contributed by atoms with E-state index in [4.69, 9.17) is 5.11 Å². The molecule has 19 heavy (non-hydrogen) atoms. The summed E-state index contributed by atoms with van der Waals surface area (Å²) in [6.07, 6.45) is -1.44. The molecule has 0 saturated carbocycles. The highest BCUT2D eigenvalue weighted by molar-refractivity contribution is 5.88. The highest BCUT2D eigenvalue weighted by Gasteiger charge is 2.41. The maximum atomic E-state index is 13.1. The Kier molecular flexibility index (Phi) is 3.59. The van der Waals surface area contributed by atoms with E-state index in [0.717, 1.165) is 25.6 Å². The molecule has 5 nitrogen and oxygen atoms in total. The molecule has 0 spiro atoms. The van der Waals surface area contributed by atoms with Crippen molar-refractivity contribution in [2.24, 2.45) is 0 Å². The van der Waals surface area contributed by atoms with Crippen LogP contribution in [0.3, 0.4) is 0 Å². The molecule has 0 amide bonds. The number of carboxylic acid groups (broad SMARTS) is 1. The van der Waals surface area contributed by atoms with Gasteiger partial charge in [-0.2, -0.15) is 13.2 Å². The second-order valence-corrected chi connectivity index (χ2v) is 4.27. The quantitative estimate of drug-likeness (QED) is 0.896. The molecule has 1 saturated heterocycles. The fourth-order valence-corrected chi connectivity index (χ4v) is 2.14. The van der Waals surface area contributed by atoms with Crippen LogP contribution in [0.1, 0.15) is 35.3 Å². The van der Waals surface area contributed by atoms with Crippen LogP contribution in [0.2, 0.25) is 0 Å². The van der Waals surface area contributed by atoms with Crippen LogP contribution in [0, 0.1) is 0 Å². The summed E-state index contributed by atoms with van der Waals surface area (Å²) < 4.78 is 39.2. The van der Waals surface area contributed by atoms with Gasteiger partial charge in [0.15, 0.2) is 5.69 Å². The van der Waals surface area contributed by atoms with E-state index >= 15 is 0 Å². The van der Waals surface area contributed by atoms with Crippen molar-refractivity contribution in [3.05, 3.63) is 17.6 Å². The van der Waals surface area contributed by atoms with E-state index in [1.807, 2.05) is 0 Å². The number of halogens is 3. The second kappa shape index (κ2) is 5.02. The van der Waals surface area contributed by atoms with E-state index in [0.29, 0.717) is 13.1 Å². The zero-order chi connectivity index (χ0) is 14.0. The van der Waals surface area contributed by atoms with Crippen molar-refractivity contribution in [3.63, 3.8) is 0 Å². The molecule has 8 heteroatoms. The van der Waals surface area contributed by atoms with E-state index in [1.165, 1.54) is 4.90 Å². The van der Waals surface area contributed by atoms with Crippen LogP contribution >= 0.6 is 0 Å². The van der Waals surface area contributed by atoms with Gasteiger partial charge in [-0.05, 0) is 19.3 Å². The first-order valence-electron chi connectivity index (χ1n) is 5.81. The largest absolute Gasteiger partial charge is 0.476 e. The van der Waals surface area contributed by atoms with Gasteiger partial charge in [-0.15, -0.1) is 0 Å². The average molecular weight is 275 g/mol. The summed E-state index contributed by atoms with van der Waals surface area (Å²) >= 11 is 0. The standard InChI is InChI=1S/C11H12F3N3O2/c12-11(13,14)7-8(10(18)19)15-6-16-9(7)17-4-2-1-3-5-17/h6H,1-5H2,(H,18,19). The van der Waals surface area contributed by atoms with Crippen LogP contribution in [0.5, 0.6) is 0 Å². The first kappa shape index (κ1) is 13.6. The zero-order valence-electron chi connectivity index (χ0n) is 9.94. The van der Waals surface area contributed by atoms with Gasteiger partial charge in [0.1, 0.15) is 17.7 Å². The molecule has 0 aliphatic carbocycles. The van der Waals surface area contributed by atoms with E-state index in [9.17, 15) is 18.0 Å². The minimum Gasteiger partial charge on any atom is -0.476 e. The summed E-state index contributed by atoms with van der Waals surface area (Å²) in [5.74, 6) is -2.03. The predicted octanol–water partition coefficient (Wildman–Crippen LogP) is 2.18. The molecule has 0 unspecified atom stereocenters. The lowest BCUT2D eigenvalue weighted by Gasteiger charge is -2.29. The smallest absolute Gasteiger partial charge is 0.422 e. The summed E-state index contributed by atoms with van der Waals surface area (Å²) in [6.45, 7) is 0.887. The van der Waals surface area contributed by atoms with Gasteiger partial charge in [-0.25, -0.2) is 14.8 Å². The van der Waals surface area contributed by atoms with Gasteiger partial charge >= 0.3 is 12.1 Å². The molecule has 2 heterocycles. The van der Waals surface area contributed by atoms with Crippen molar-refractivity contribution in [3.8, 4) is 0 Å². The van der Waals surface area contributed by atoms with Gasteiger partial charge in [0.05, 0.1) is 0 Å². The van der Waals surface area contributed by atoms with E-state index < -0.39 is 23.4 Å². The Labute approximate surface area is 107 Å². The Morgan fingerprint density at radius 1 is 1.21 bits per heavy atom. The van der Waals surface area contributed by atoms with Crippen LogP contribution in [0.15, 0.2) is 6.33 Å². The number of hydrogen-bond acceptors (Lipinski definition) is 4. The molecular formula is C11H12F3N3O2. The van der Waals surface area contributed by atoms with Crippen LogP contribution < -0.4 is 4.90 Å². The van der Waals surface area contributed by atoms with Crippen LogP contribution in [-0.4, -0.2) is 34.1 Å². The Morgan fingerprint density at radius 3 is 2.37 bits per heavy atom. The van der Waals surface area contributed by atoms with Crippen molar-refractivity contribution in [1.82, 2.24) is 9.97 Å². The van der Waals surface area contributed by atoms with Gasteiger partial charge in [0.2, 0.25) is 0 Å². The summed E-state index contributed by atoms with van der Waals surface area (Å²) in [5.41, 5.74) is -2.26. The summed E-state index contributed by atoms with van der Waals surface area (Å²) in [5, 5.41) is 8.84. The zero-order valence-corrected chi connectivity index (χ0v) is 9.94. The number of alkyl halides is 3. The summed E-state index contributed by atoms with van der Waals surface area (Å²) in [4.78, 5) is 19.3. The number of carbonyl (C=O) groups is 1. The first-order chi connectivity index (χ1) is 8.91. The predicted molar refractivity (Wildman–Crippen MR) is 60.1 cm³/mol. The van der Waals surface area contributed by atoms with Gasteiger partial charge in [-0.1, -0.05) is 0 Å². The molecule has 0 atom stereocenters. The molecule has 104 valence electrons. The summed E-state index contributed by atoms with van der Waals surface area (Å²) in [6, 6.07) is 0. The van der Waals surface area contributed by atoms with E-state index in [2.05, 4.69) is 9.97 Å². The average Bonchev–Trinajstić information content (AvgIpc) is 2.38. The molecule has 1 aromatic rings. The van der Waals surface area contributed by atoms with Gasteiger partial charge in [-0.3, -0.25) is 0 Å². The fraction of sp³-hybridized carbons (Fsp3) is 0.545. The first-order valence-corrected chi connectivity index (χ1v) is 5.81. The Hall–Kier alpha value is -1.86. The second-order valence-electron chi connectivity index (χ2n) is 4.27. The maximum absolute atomic E-state index is 13.1. The number of aromatic carboxylic acids is 1. The van der Waals surface area contributed by atoms with Crippen LogP contribution in [-0.2, 0) is 6.18 Å². The van der Waals surface area contributed by atoms with Crippen molar-refractivity contribution in [1.29, 1.82) is 0 Å². The number of carboxylic acids is 1. The van der Waals surface area contributed by atoms with Crippen LogP contribution in [0.4, 0.5) is 19.0 Å². The lowest BCUT2D eigenvalue weighted by Crippen LogP contribution is -2.33. The van der Waals surface area contributed by atoms with Crippen molar-refractivity contribution in [2.45, 2.75) is 25.4 Å². The fourth-order valence-electron chi connectivity index (χ4n) is 2.14. The highest BCUT2D eigenvalue weighted by atomic mass is 19.4. The van der Waals surface area contributed by atoms with Gasteiger partial charge < -0.3 is 10.0 Å². The molecule has 1 N–H and O–H groups in total. The van der Waals surface area contributed by atoms with Crippen molar-refractivity contribution in [2.75, 3.05) is 18.0 Å². The molecular weight excluding hydrogens is 263 g/mol. The Bertz CT molecular complexity index is 485. The molecule has 0 radical (unpaired) electrons. The minimum atomic E-state index is -4.79. The molecule has 1 fully saturated rings. The maximum Gasteiger partial charge on any atom is 0.422 e. The SMILES string of the molecule is O=C(O)c1ncnc(N2CCCCC2)c1C(F)(F)F. The number of piperidine rings is 1. The normalized spacial score (nSPS) is 16.5. The molecule has 2 rings (SSSR count). The number of anilines is 1. The third kappa shape index (κ3) is 2.77. The third-order valence-corrected chi connectivity index (χ3v) is 2.97. The lowest BCUT2D eigenvalue weighted by atomic mass is 10.1. The Balaban J connectivity index is 2.53.